The van der Waals surface area contributed by atoms with Gasteiger partial charge in [-0.15, -0.1) is 0 Å². The highest BCUT2D eigenvalue weighted by Gasteiger charge is 2.22. The van der Waals surface area contributed by atoms with E-state index in [1.54, 1.807) is 0 Å². The van der Waals surface area contributed by atoms with Crippen molar-refractivity contribution in [1.82, 2.24) is 0 Å². The molecule has 0 aliphatic rings. The molecular weight excluding hydrogens is 841 g/mol. The van der Waals surface area contributed by atoms with Gasteiger partial charge >= 0.3 is 0 Å². The molecule has 0 bridgehead atoms. The van der Waals surface area contributed by atoms with Gasteiger partial charge in [0.2, 0.25) is 0 Å². The highest BCUT2D eigenvalue weighted by atomic mass is 16.3. The van der Waals surface area contributed by atoms with E-state index in [2.05, 4.69) is 237 Å². The summed E-state index contributed by atoms with van der Waals surface area (Å²) in [6.07, 6.45) is 0. The van der Waals surface area contributed by atoms with Crippen LogP contribution >= 0.6 is 0 Å². The van der Waals surface area contributed by atoms with Crippen molar-refractivity contribution in [2.45, 2.75) is 0 Å². The van der Waals surface area contributed by atoms with Crippen LogP contribution in [0, 0.1) is 0 Å². The average Bonchev–Trinajstić information content (AvgIpc) is 4.14. The number of hydrogen-bond donors (Lipinski definition) is 0. The monoisotopic (exact) mass is 882 g/mol. The van der Waals surface area contributed by atoms with E-state index < -0.39 is 0 Å². The van der Waals surface area contributed by atoms with Crippen LogP contribution in [0.4, 0.5) is 0 Å². The molecule has 0 saturated carbocycles. The van der Waals surface area contributed by atoms with Crippen LogP contribution in [0.15, 0.2) is 268 Å². The maximum Gasteiger partial charge on any atom is 0.143 e. The number of fused-ring (bicyclic) bond motifs is 3. The molecule has 69 heavy (non-hydrogen) atoms. The molecule has 0 spiro atoms. The molecule has 0 fully saturated rings. The van der Waals surface area contributed by atoms with Gasteiger partial charge in [0.05, 0.1) is 0 Å². The predicted molar refractivity (Wildman–Crippen MR) is 285 cm³/mol. The molecule has 0 aliphatic heterocycles. The van der Waals surface area contributed by atoms with Gasteiger partial charge < -0.3 is 13.3 Å². The maximum absolute atomic E-state index is 6.90. The maximum atomic E-state index is 6.90. The average molecular weight is 883 g/mol. The van der Waals surface area contributed by atoms with Gasteiger partial charge in [-0.3, -0.25) is 0 Å². The fourth-order valence-corrected chi connectivity index (χ4v) is 10.0. The van der Waals surface area contributed by atoms with Gasteiger partial charge in [0, 0.05) is 49.5 Å². The van der Waals surface area contributed by atoms with Gasteiger partial charge in [0.25, 0.3) is 0 Å². The Morgan fingerprint density at radius 1 is 0.174 bits per heavy atom. The summed E-state index contributed by atoms with van der Waals surface area (Å²) < 4.78 is 20.4. The Bertz CT molecular complexity index is 3780. The molecule has 0 saturated heterocycles. The molecule has 3 nitrogen and oxygen atoms in total. The summed E-state index contributed by atoms with van der Waals surface area (Å²) in [6, 6.07) is 89.7. The Balaban J connectivity index is 1.03. The molecule has 13 aromatic rings. The van der Waals surface area contributed by atoms with Crippen molar-refractivity contribution in [3.05, 3.63) is 255 Å². The van der Waals surface area contributed by atoms with Gasteiger partial charge in [-0.05, 0) is 105 Å². The van der Waals surface area contributed by atoms with E-state index in [1.165, 1.54) is 0 Å². The number of rotatable bonds is 9. The molecule has 13 rings (SSSR count). The molecule has 324 valence electrons. The normalized spacial score (nSPS) is 11.5. The lowest BCUT2D eigenvalue weighted by Crippen LogP contribution is -1.87. The summed E-state index contributed by atoms with van der Waals surface area (Å²) in [6.45, 7) is 0. The Hall–Kier alpha value is -9.18. The molecule has 3 heterocycles. The van der Waals surface area contributed by atoms with Gasteiger partial charge in [0.1, 0.15) is 34.0 Å². The Morgan fingerprint density at radius 2 is 0.464 bits per heavy atom. The van der Waals surface area contributed by atoms with E-state index in [9.17, 15) is 0 Å². The fourth-order valence-electron chi connectivity index (χ4n) is 10.0. The summed E-state index contributed by atoms with van der Waals surface area (Å²) >= 11 is 0. The molecule has 0 N–H and O–H groups in total. The van der Waals surface area contributed by atoms with E-state index in [0.29, 0.717) is 0 Å². The zero-order chi connectivity index (χ0) is 45.7. The molecule has 0 amide bonds. The standard InChI is InChI=1S/C66H42O3/c1-7-19-43(20-8-1)61-55-34-31-51(42-60(55)69-64(61)46-25-13-4-14-26-46)54-38-52(49-32-35-58-56(40-49)62(44-21-9-2-10-22-44)65(67-58)47-27-15-5-16-28-47)37-53(39-54)50-33-36-59-57(41-50)63(45-23-11-3-12-24-45)66(68-59)48-29-17-6-18-30-48/h1-42H. The molecule has 0 unspecified atom stereocenters. The smallest absolute Gasteiger partial charge is 0.143 e. The van der Waals surface area contributed by atoms with E-state index >= 15 is 0 Å². The molecule has 0 aliphatic carbocycles. The van der Waals surface area contributed by atoms with Crippen molar-refractivity contribution < 1.29 is 13.3 Å². The lowest BCUT2D eigenvalue weighted by atomic mass is 9.90. The first-order valence-corrected chi connectivity index (χ1v) is 23.4. The Labute approximate surface area is 399 Å². The number of benzene rings is 10. The van der Waals surface area contributed by atoms with Gasteiger partial charge in [-0.25, -0.2) is 0 Å². The molecule has 3 heteroatoms. The van der Waals surface area contributed by atoms with E-state index in [0.717, 1.165) is 134 Å². The van der Waals surface area contributed by atoms with Gasteiger partial charge in [0.15, 0.2) is 0 Å². The molecule has 10 aromatic carbocycles. The van der Waals surface area contributed by atoms with Gasteiger partial charge in [-0.2, -0.15) is 0 Å². The Kier molecular flexibility index (Phi) is 9.84. The van der Waals surface area contributed by atoms with Crippen molar-refractivity contribution in [3.63, 3.8) is 0 Å². The lowest BCUT2D eigenvalue weighted by Gasteiger charge is -2.12. The highest BCUT2D eigenvalue weighted by molar-refractivity contribution is 6.06. The quantitative estimate of drug-likeness (QED) is 0.145. The summed E-state index contributed by atoms with van der Waals surface area (Å²) in [7, 11) is 0. The molecule has 0 atom stereocenters. The van der Waals surface area contributed by atoms with Crippen LogP contribution in [0.2, 0.25) is 0 Å². The molecule has 0 radical (unpaired) electrons. The third kappa shape index (κ3) is 7.25. The topological polar surface area (TPSA) is 39.4 Å². The first-order chi connectivity index (χ1) is 34.2. The Morgan fingerprint density at radius 3 is 0.826 bits per heavy atom. The summed E-state index contributed by atoms with van der Waals surface area (Å²) in [4.78, 5) is 0. The second kappa shape index (κ2) is 16.9. The van der Waals surface area contributed by atoms with Crippen LogP contribution in [0.1, 0.15) is 0 Å². The largest absolute Gasteiger partial charge is 0.455 e. The molecular formula is C66H42O3. The third-order valence-electron chi connectivity index (χ3n) is 13.3. The van der Waals surface area contributed by atoms with E-state index in [1.807, 2.05) is 18.2 Å². The van der Waals surface area contributed by atoms with Crippen molar-refractivity contribution in [1.29, 1.82) is 0 Å². The zero-order valence-corrected chi connectivity index (χ0v) is 37.5. The number of hydrogen-bond acceptors (Lipinski definition) is 3. The zero-order valence-electron chi connectivity index (χ0n) is 37.5. The van der Waals surface area contributed by atoms with Crippen LogP contribution in [0.3, 0.4) is 0 Å². The minimum Gasteiger partial charge on any atom is -0.455 e. The van der Waals surface area contributed by atoms with Crippen molar-refractivity contribution >= 4 is 32.9 Å². The summed E-state index contributed by atoms with van der Waals surface area (Å²) in [5.41, 5.74) is 18.7. The van der Waals surface area contributed by atoms with Crippen molar-refractivity contribution in [2.24, 2.45) is 0 Å². The van der Waals surface area contributed by atoms with Gasteiger partial charge in [-0.1, -0.05) is 200 Å². The highest BCUT2D eigenvalue weighted by Crippen LogP contribution is 2.47. The van der Waals surface area contributed by atoms with Crippen LogP contribution in [0.5, 0.6) is 0 Å². The number of furan rings is 3. The van der Waals surface area contributed by atoms with E-state index in [-0.39, 0.29) is 0 Å². The van der Waals surface area contributed by atoms with Crippen molar-refractivity contribution in [3.8, 4) is 101 Å². The van der Waals surface area contributed by atoms with Crippen LogP contribution in [0.25, 0.3) is 134 Å². The third-order valence-corrected chi connectivity index (χ3v) is 13.3. The second-order valence-electron chi connectivity index (χ2n) is 17.5. The first kappa shape index (κ1) is 40.1. The minimum absolute atomic E-state index is 0.832. The summed E-state index contributed by atoms with van der Waals surface area (Å²) in [5.74, 6) is 2.58. The van der Waals surface area contributed by atoms with Crippen LogP contribution in [-0.2, 0) is 0 Å². The van der Waals surface area contributed by atoms with Crippen LogP contribution < -0.4 is 0 Å². The van der Waals surface area contributed by atoms with Crippen LogP contribution in [-0.4, -0.2) is 0 Å². The second-order valence-corrected chi connectivity index (χ2v) is 17.5. The minimum atomic E-state index is 0.832. The van der Waals surface area contributed by atoms with Crippen molar-refractivity contribution in [2.75, 3.05) is 0 Å². The predicted octanol–water partition coefficient (Wildman–Crippen LogP) is 18.9. The molecule has 3 aromatic heterocycles. The first-order valence-electron chi connectivity index (χ1n) is 23.4. The SMILES string of the molecule is c1ccc(-c2oc3cc(-c4cc(-c5ccc6oc(-c7ccccc7)c(-c7ccccc7)c6c5)cc(-c5ccc6oc(-c7ccccc7)c(-c7ccccc7)c6c5)c4)ccc3c2-c2ccccc2)cc1. The fraction of sp³-hybridized carbons (Fsp3) is 0. The lowest BCUT2D eigenvalue weighted by molar-refractivity contribution is 0.632. The summed E-state index contributed by atoms with van der Waals surface area (Å²) in [5, 5.41) is 3.19. The van der Waals surface area contributed by atoms with E-state index in [4.69, 9.17) is 13.3 Å².